The quantitative estimate of drug-likeness (QED) is 0.504. The van der Waals surface area contributed by atoms with E-state index in [2.05, 4.69) is 9.97 Å². The molecule has 0 aliphatic carbocycles. The fourth-order valence-corrected chi connectivity index (χ4v) is 1.02. The van der Waals surface area contributed by atoms with Crippen LogP contribution in [0, 0.1) is 0 Å². The molecule has 0 atom stereocenters. The Hall–Kier alpha value is -2.05. The lowest BCUT2D eigenvalue weighted by Gasteiger charge is -2.06. The number of aromatic hydroxyl groups is 2. The van der Waals surface area contributed by atoms with E-state index in [0.29, 0.717) is 6.42 Å². The van der Waals surface area contributed by atoms with Crippen LogP contribution in [-0.4, -0.2) is 32.8 Å². The van der Waals surface area contributed by atoms with E-state index in [0.717, 1.165) is 6.42 Å². The predicted molar refractivity (Wildman–Crippen MR) is 55.0 cm³/mol. The number of nitrogens with two attached hydrogens (primary N) is 1. The summed E-state index contributed by atoms with van der Waals surface area (Å²) in [6, 6.07) is 0. The van der Waals surface area contributed by atoms with Crippen LogP contribution >= 0.6 is 0 Å². The second kappa shape index (κ2) is 5.15. The summed E-state index contributed by atoms with van der Waals surface area (Å²) in [4.78, 5) is 18.1. The minimum atomic E-state index is -0.872. The van der Waals surface area contributed by atoms with Crippen LogP contribution in [-0.2, 0) is 4.74 Å². The van der Waals surface area contributed by atoms with Crippen molar-refractivity contribution >= 4 is 11.9 Å². The number of nitrogens with zero attached hydrogens (tertiary/aromatic N) is 2. The first-order chi connectivity index (χ1) is 7.56. The average molecular weight is 227 g/mol. The molecular weight excluding hydrogens is 214 g/mol. The number of aromatic nitrogens is 2. The summed E-state index contributed by atoms with van der Waals surface area (Å²) in [5.74, 6) is -2.57. The number of rotatable bonds is 4. The van der Waals surface area contributed by atoms with Gasteiger partial charge in [-0.2, -0.15) is 9.97 Å². The lowest BCUT2D eigenvalue weighted by atomic mass is 10.3. The summed E-state index contributed by atoms with van der Waals surface area (Å²) in [5.41, 5.74) is 4.69. The minimum absolute atomic E-state index is 0.207. The van der Waals surface area contributed by atoms with Crippen molar-refractivity contribution in [3.63, 3.8) is 0 Å². The summed E-state index contributed by atoms with van der Waals surface area (Å²) < 4.78 is 4.79. The van der Waals surface area contributed by atoms with Crippen LogP contribution in [0.15, 0.2) is 0 Å². The molecule has 0 bridgehead atoms. The highest BCUT2D eigenvalue weighted by atomic mass is 16.5. The van der Waals surface area contributed by atoms with Gasteiger partial charge in [0.15, 0.2) is 5.56 Å². The summed E-state index contributed by atoms with van der Waals surface area (Å²) in [6.07, 6.45) is 1.56. The van der Waals surface area contributed by atoms with E-state index in [-0.39, 0.29) is 12.6 Å². The molecule has 0 aliphatic heterocycles. The molecule has 1 heterocycles. The van der Waals surface area contributed by atoms with E-state index in [1.165, 1.54) is 0 Å². The highest BCUT2D eigenvalue weighted by molar-refractivity contribution is 5.94. The smallest absolute Gasteiger partial charge is 0.349 e. The number of carbonyl (C=O) groups excluding carboxylic acids is 1. The van der Waals surface area contributed by atoms with Gasteiger partial charge in [-0.3, -0.25) is 0 Å². The van der Waals surface area contributed by atoms with Crippen LogP contribution < -0.4 is 5.73 Å². The molecule has 0 amide bonds. The maximum absolute atomic E-state index is 11.4. The summed E-state index contributed by atoms with van der Waals surface area (Å²) >= 11 is 0. The molecule has 1 rings (SSSR count). The largest absolute Gasteiger partial charge is 0.492 e. The van der Waals surface area contributed by atoms with Gasteiger partial charge >= 0.3 is 5.97 Å². The number of nitrogen functional groups attached to an aromatic ring is 1. The average Bonchev–Trinajstić information content (AvgIpc) is 2.16. The molecule has 0 saturated heterocycles. The van der Waals surface area contributed by atoms with Gasteiger partial charge in [0.1, 0.15) is 0 Å². The molecule has 1 aromatic rings. The van der Waals surface area contributed by atoms with Crippen LogP contribution in [0.25, 0.3) is 0 Å². The molecule has 0 radical (unpaired) electrons. The van der Waals surface area contributed by atoms with Crippen LogP contribution in [0.5, 0.6) is 11.8 Å². The third-order valence-corrected chi connectivity index (χ3v) is 1.82. The molecule has 0 spiro atoms. The van der Waals surface area contributed by atoms with E-state index in [1.54, 1.807) is 0 Å². The van der Waals surface area contributed by atoms with E-state index in [4.69, 9.17) is 10.5 Å². The van der Waals surface area contributed by atoms with Gasteiger partial charge < -0.3 is 20.7 Å². The van der Waals surface area contributed by atoms with E-state index >= 15 is 0 Å². The maximum atomic E-state index is 11.4. The number of esters is 1. The lowest BCUT2D eigenvalue weighted by molar-refractivity contribution is 0.0491. The predicted octanol–water partition coefficient (Wildman–Crippen LogP) is 0.427. The Labute approximate surface area is 91.9 Å². The van der Waals surface area contributed by atoms with Crippen molar-refractivity contribution in [1.82, 2.24) is 9.97 Å². The fraction of sp³-hybridized carbons (Fsp3) is 0.444. The second-order valence-electron chi connectivity index (χ2n) is 3.09. The third-order valence-electron chi connectivity index (χ3n) is 1.82. The molecule has 88 valence electrons. The number of hydrogen-bond acceptors (Lipinski definition) is 7. The number of carbonyl (C=O) groups is 1. The molecule has 7 nitrogen and oxygen atoms in total. The van der Waals surface area contributed by atoms with Gasteiger partial charge in [-0.05, 0) is 6.42 Å². The Morgan fingerprint density at radius 3 is 2.44 bits per heavy atom. The van der Waals surface area contributed by atoms with E-state index in [9.17, 15) is 15.0 Å². The molecule has 4 N–H and O–H groups in total. The number of ether oxygens (including phenoxy) is 1. The first-order valence-corrected chi connectivity index (χ1v) is 4.78. The van der Waals surface area contributed by atoms with Crippen LogP contribution in [0.1, 0.15) is 30.1 Å². The Bertz CT molecular complexity index is 371. The van der Waals surface area contributed by atoms with Crippen LogP contribution in [0.3, 0.4) is 0 Å². The van der Waals surface area contributed by atoms with Crippen molar-refractivity contribution in [3.8, 4) is 11.8 Å². The lowest BCUT2D eigenvalue weighted by Crippen LogP contribution is -2.09. The highest BCUT2D eigenvalue weighted by Crippen LogP contribution is 2.24. The Kier molecular flexibility index (Phi) is 3.87. The SMILES string of the molecule is CCCCOC(=O)c1c(O)nc(N)nc1O. The zero-order chi connectivity index (χ0) is 12.1. The minimum Gasteiger partial charge on any atom is -0.492 e. The van der Waals surface area contributed by atoms with Crippen molar-refractivity contribution in [3.05, 3.63) is 5.56 Å². The molecule has 0 aromatic carbocycles. The summed E-state index contributed by atoms with van der Waals surface area (Å²) in [6.45, 7) is 2.15. The van der Waals surface area contributed by atoms with Crippen molar-refractivity contribution in [1.29, 1.82) is 0 Å². The van der Waals surface area contributed by atoms with Crippen LogP contribution in [0.4, 0.5) is 5.95 Å². The third kappa shape index (κ3) is 2.72. The van der Waals surface area contributed by atoms with Gasteiger partial charge in [0, 0.05) is 0 Å². The standard InChI is InChI=1S/C9H13N3O4/c1-2-3-4-16-8(15)5-6(13)11-9(10)12-7(5)14/h2-4H2,1H3,(H4,10,11,12,13,14). The van der Waals surface area contributed by atoms with Crippen molar-refractivity contribution in [2.24, 2.45) is 0 Å². The molecule has 0 saturated carbocycles. The monoisotopic (exact) mass is 227 g/mol. The molecule has 1 aromatic heterocycles. The second-order valence-corrected chi connectivity index (χ2v) is 3.09. The first kappa shape index (κ1) is 12.0. The Morgan fingerprint density at radius 2 is 1.94 bits per heavy atom. The van der Waals surface area contributed by atoms with E-state index < -0.39 is 23.3 Å². The van der Waals surface area contributed by atoms with Gasteiger partial charge in [0.05, 0.1) is 6.61 Å². The summed E-state index contributed by atoms with van der Waals surface area (Å²) in [7, 11) is 0. The van der Waals surface area contributed by atoms with Gasteiger partial charge in [0.2, 0.25) is 17.7 Å². The number of anilines is 1. The van der Waals surface area contributed by atoms with Gasteiger partial charge in [-0.15, -0.1) is 0 Å². The fourth-order valence-electron chi connectivity index (χ4n) is 1.02. The Balaban J connectivity index is 2.83. The molecular formula is C9H13N3O4. The molecule has 0 aliphatic rings. The number of unbranched alkanes of at least 4 members (excludes halogenated alkanes) is 1. The van der Waals surface area contributed by atoms with Gasteiger partial charge in [-0.25, -0.2) is 4.79 Å². The van der Waals surface area contributed by atoms with Crippen LogP contribution in [0.2, 0.25) is 0 Å². The van der Waals surface area contributed by atoms with Crippen molar-refractivity contribution < 1.29 is 19.7 Å². The molecule has 0 fully saturated rings. The normalized spacial score (nSPS) is 10.1. The van der Waals surface area contributed by atoms with Crippen molar-refractivity contribution in [2.75, 3.05) is 12.3 Å². The number of hydrogen-bond donors (Lipinski definition) is 3. The highest BCUT2D eigenvalue weighted by Gasteiger charge is 2.21. The van der Waals surface area contributed by atoms with Crippen molar-refractivity contribution in [2.45, 2.75) is 19.8 Å². The first-order valence-electron chi connectivity index (χ1n) is 4.78. The van der Waals surface area contributed by atoms with Gasteiger partial charge in [-0.1, -0.05) is 13.3 Å². The summed E-state index contributed by atoms with van der Waals surface area (Å²) in [5, 5.41) is 18.6. The van der Waals surface area contributed by atoms with E-state index in [1.807, 2.05) is 6.92 Å². The topological polar surface area (TPSA) is 119 Å². The maximum Gasteiger partial charge on any atom is 0.349 e. The Morgan fingerprint density at radius 1 is 1.38 bits per heavy atom. The molecule has 16 heavy (non-hydrogen) atoms. The zero-order valence-corrected chi connectivity index (χ0v) is 8.80. The molecule has 0 unspecified atom stereocenters. The molecule has 7 heteroatoms. The zero-order valence-electron chi connectivity index (χ0n) is 8.80. The van der Waals surface area contributed by atoms with Gasteiger partial charge in [0.25, 0.3) is 0 Å².